The molecule has 2 unspecified atom stereocenters. The van der Waals surface area contributed by atoms with Gasteiger partial charge in [0.2, 0.25) is 0 Å². The summed E-state index contributed by atoms with van der Waals surface area (Å²) in [6.07, 6.45) is 5.20. The molecule has 1 aromatic carbocycles. The van der Waals surface area contributed by atoms with Crippen molar-refractivity contribution < 1.29 is 4.79 Å². The van der Waals surface area contributed by atoms with E-state index in [1.165, 1.54) is 12.8 Å². The van der Waals surface area contributed by atoms with Gasteiger partial charge in [0.15, 0.2) is 5.69 Å². The molecule has 21 heavy (non-hydrogen) atoms. The van der Waals surface area contributed by atoms with E-state index in [4.69, 9.17) is 5.73 Å². The molecule has 0 spiro atoms. The Labute approximate surface area is 124 Å². The quantitative estimate of drug-likeness (QED) is 0.828. The van der Waals surface area contributed by atoms with Gasteiger partial charge in [-0.2, -0.15) is 5.10 Å². The van der Waals surface area contributed by atoms with Crippen molar-refractivity contribution >= 4 is 11.6 Å². The van der Waals surface area contributed by atoms with Crippen LogP contribution in [0.1, 0.15) is 36.7 Å². The predicted molar refractivity (Wildman–Crippen MR) is 82.2 cm³/mol. The fourth-order valence-electron chi connectivity index (χ4n) is 2.63. The van der Waals surface area contributed by atoms with Crippen molar-refractivity contribution in [1.29, 1.82) is 0 Å². The number of hydrogen-bond acceptors (Lipinski definition) is 3. The smallest absolute Gasteiger partial charge is 0.272 e. The summed E-state index contributed by atoms with van der Waals surface area (Å²) < 4.78 is 1.64. The number of aromatic nitrogens is 2. The fraction of sp³-hybridized carbons (Fsp3) is 0.375. The van der Waals surface area contributed by atoms with E-state index in [9.17, 15) is 4.79 Å². The molecule has 0 saturated heterocycles. The zero-order chi connectivity index (χ0) is 14.8. The molecule has 1 aliphatic carbocycles. The molecule has 5 heteroatoms. The lowest BCUT2D eigenvalue weighted by Gasteiger charge is -2.05. The van der Waals surface area contributed by atoms with Crippen molar-refractivity contribution in [1.82, 2.24) is 15.1 Å². The first-order valence-electron chi connectivity index (χ1n) is 7.40. The second kappa shape index (κ2) is 5.60. The minimum Gasteiger partial charge on any atom is -0.397 e. The van der Waals surface area contributed by atoms with Gasteiger partial charge >= 0.3 is 0 Å². The Morgan fingerprint density at radius 2 is 2.24 bits per heavy atom. The van der Waals surface area contributed by atoms with Gasteiger partial charge in [-0.05, 0) is 37.0 Å². The van der Waals surface area contributed by atoms with Crippen LogP contribution in [0.5, 0.6) is 0 Å². The summed E-state index contributed by atoms with van der Waals surface area (Å²) in [5.41, 5.74) is 7.77. The average Bonchev–Trinajstić information content (AvgIpc) is 3.02. The second-order valence-electron chi connectivity index (χ2n) is 5.57. The highest BCUT2D eigenvalue weighted by Gasteiger charge is 2.37. The van der Waals surface area contributed by atoms with Crippen LogP contribution in [0.4, 0.5) is 5.69 Å². The van der Waals surface area contributed by atoms with Gasteiger partial charge in [0.25, 0.3) is 5.91 Å². The number of rotatable bonds is 5. The Morgan fingerprint density at radius 3 is 3.00 bits per heavy atom. The molecule has 1 saturated carbocycles. The second-order valence-corrected chi connectivity index (χ2v) is 5.57. The van der Waals surface area contributed by atoms with E-state index in [1.807, 2.05) is 24.3 Å². The number of anilines is 1. The highest BCUT2D eigenvalue weighted by molar-refractivity contribution is 5.92. The SMILES string of the molecule is CCCC1CC1NC(=O)c1ccn(-c2ccccc2N)n1. The third kappa shape index (κ3) is 2.91. The van der Waals surface area contributed by atoms with Crippen LogP contribution in [0, 0.1) is 5.92 Å². The lowest BCUT2D eigenvalue weighted by molar-refractivity contribution is 0.0943. The fourth-order valence-corrected chi connectivity index (χ4v) is 2.63. The number of nitrogen functional groups attached to an aromatic ring is 1. The van der Waals surface area contributed by atoms with E-state index in [0.717, 1.165) is 12.1 Å². The molecule has 3 rings (SSSR count). The van der Waals surface area contributed by atoms with E-state index in [1.54, 1.807) is 16.9 Å². The van der Waals surface area contributed by atoms with Crippen molar-refractivity contribution in [2.24, 2.45) is 5.92 Å². The van der Waals surface area contributed by atoms with Gasteiger partial charge in [0.05, 0.1) is 11.4 Å². The van der Waals surface area contributed by atoms with Gasteiger partial charge < -0.3 is 11.1 Å². The number of amides is 1. The molecule has 1 amide bonds. The van der Waals surface area contributed by atoms with Crippen molar-refractivity contribution in [3.8, 4) is 5.69 Å². The van der Waals surface area contributed by atoms with Crippen molar-refractivity contribution in [3.05, 3.63) is 42.2 Å². The number of para-hydroxylation sites is 2. The highest BCUT2D eigenvalue weighted by Crippen LogP contribution is 2.34. The van der Waals surface area contributed by atoms with Crippen LogP contribution in [-0.4, -0.2) is 21.7 Å². The van der Waals surface area contributed by atoms with Crippen LogP contribution in [0.15, 0.2) is 36.5 Å². The van der Waals surface area contributed by atoms with E-state index in [2.05, 4.69) is 17.3 Å². The summed E-state index contributed by atoms with van der Waals surface area (Å²) >= 11 is 0. The standard InChI is InChI=1S/C16H20N4O/c1-2-5-11-10-14(11)18-16(21)13-8-9-20(19-13)15-7-4-3-6-12(15)17/h3-4,6-9,11,14H,2,5,10,17H2,1H3,(H,18,21). The first-order chi connectivity index (χ1) is 10.2. The highest BCUT2D eigenvalue weighted by atomic mass is 16.2. The van der Waals surface area contributed by atoms with Crippen molar-refractivity contribution in [3.63, 3.8) is 0 Å². The molecule has 0 bridgehead atoms. The Bertz CT molecular complexity index is 649. The molecule has 5 nitrogen and oxygen atoms in total. The van der Waals surface area contributed by atoms with Crippen LogP contribution in [-0.2, 0) is 0 Å². The van der Waals surface area contributed by atoms with Crippen LogP contribution >= 0.6 is 0 Å². The number of benzene rings is 1. The number of nitrogens with one attached hydrogen (secondary N) is 1. The largest absolute Gasteiger partial charge is 0.397 e. The number of nitrogens with zero attached hydrogens (tertiary/aromatic N) is 2. The molecule has 1 fully saturated rings. The number of hydrogen-bond donors (Lipinski definition) is 2. The summed E-state index contributed by atoms with van der Waals surface area (Å²) in [5.74, 6) is 0.539. The molecule has 1 aromatic heterocycles. The monoisotopic (exact) mass is 284 g/mol. The van der Waals surface area contributed by atoms with E-state index < -0.39 is 0 Å². The van der Waals surface area contributed by atoms with Gasteiger partial charge in [-0.3, -0.25) is 4.79 Å². The molecule has 1 heterocycles. The molecule has 110 valence electrons. The normalized spacial score (nSPS) is 20.2. The third-order valence-corrected chi connectivity index (χ3v) is 3.90. The molecular formula is C16H20N4O. The molecule has 1 aliphatic rings. The Hall–Kier alpha value is -2.30. The summed E-state index contributed by atoms with van der Waals surface area (Å²) in [6, 6.07) is 9.51. The lowest BCUT2D eigenvalue weighted by Crippen LogP contribution is -2.27. The van der Waals surface area contributed by atoms with Crippen molar-refractivity contribution in [2.75, 3.05) is 5.73 Å². The number of carbonyl (C=O) groups is 1. The Morgan fingerprint density at radius 1 is 1.43 bits per heavy atom. The maximum absolute atomic E-state index is 12.2. The topological polar surface area (TPSA) is 72.9 Å². The molecule has 0 radical (unpaired) electrons. The summed E-state index contributed by atoms with van der Waals surface area (Å²) in [4.78, 5) is 12.2. The van der Waals surface area contributed by atoms with Crippen molar-refractivity contribution in [2.45, 2.75) is 32.2 Å². The molecule has 0 aliphatic heterocycles. The summed E-state index contributed by atoms with van der Waals surface area (Å²) in [7, 11) is 0. The minimum absolute atomic E-state index is 0.105. The minimum atomic E-state index is -0.105. The first kappa shape index (κ1) is 13.7. The van der Waals surface area contributed by atoms with E-state index >= 15 is 0 Å². The first-order valence-corrected chi connectivity index (χ1v) is 7.40. The summed E-state index contributed by atoms with van der Waals surface area (Å²) in [6.45, 7) is 2.17. The zero-order valence-electron chi connectivity index (χ0n) is 12.1. The maximum atomic E-state index is 12.2. The molecular weight excluding hydrogens is 264 g/mol. The van der Waals surface area contributed by atoms with Crippen LogP contribution in [0.25, 0.3) is 5.69 Å². The summed E-state index contributed by atoms with van der Waals surface area (Å²) in [5, 5.41) is 7.36. The van der Waals surface area contributed by atoms with Crippen LogP contribution in [0.3, 0.4) is 0 Å². The molecule has 3 N–H and O–H groups in total. The van der Waals surface area contributed by atoms with Gasteiger partial charge in [-0.1, -0.05) is 25.5 Å². The average molecular weight is 284 g/mol. The number of carbonyl (C=O) groups excluding carboxylic acids is 1. The van der Waals surface area contributed by atoms with Crippen LogP contribution < -0.4 is 11.1 Å². The van der Waals surface area contributed by atoms with Crippen LogP contribution in [0.2, 0.25) is 0 Å². The van der Waals surface area contributed by atoms with Gasteiger partial charge in [-0.25, -0.2) is 4.68 Å². The van der Waals surface area contributed by atoms with E-state index in [0.29, 0.717) is 23.3 Å². The Kier molecular flexibility index (Phi) is 3.64. The molecule has 2 atom stereocenters. The predicted octanol–water partition coefficient (Wildman–Crippen LogP) is 2.37. The third-order valence-electron chi connectivity index (χ3n) is 3.90. The zero-order valence-corrected chi connectivity index (χ0v) is 12.1. The lowest BCUT2D eigenvalue weighted by atomic mass is 10.2. The number of nitrogens with two attached hydrogens (primary N) is 1. The maximum Gasteiger partial charge on any atom is 0.272 e. The van der Waals surface area contributed by atoms with E-state index in [-0.39, 0.29) is 5.91 Å². The van der Waals surface area contributed by atoms with Gasteiger partial charge in [-0.15, -0.1) is 0 Å². The van der Waals surface area contributed by atoms with Gasteiger partial charge in [0.1, 0.15) is 0 Å². The Balaban J connectivity index is 1.68. The van der Waals surface area contributed by atoms with Gasteiger partial charge in [0, 0.05) is 12.2 Å². The molecule has 2 aromatic rings.